The lowest BCUT2D eigenvalue weighted by Gasteiger charge is -2.08. The Bertz CT molecular complexity index is 964. The molecule has 0 unspecified atom stereocenters. The summed E-state index contributed by atoms with van der Waals surface area (Å²) in [5, 5.41) is 3.41. The average molecular weight is 349 g/mol. The number of aromatic nitrogens is 3. The highest BCUT2D eigenvalue weighted by Gasteiger charge is 2.14. The Morgan fingerprint density at radius 2 is 2.17 bits per heavy atom. The van der Waals surface area contributed by atoms with Crippen LogP contribution in [0.25, 0.3) is 10.2 Å². The van der Waals surface area contributed by atoms with Crippen LogP contribution in [0.15, 0.2) is 29.5 Å². The minimum atomic E-state index is -0.368. The number of rotatable bonds is 3. The van der Waals surface area contributed by atoms with E-state index in [1.807, 2.05) is 13.8 Å². The highest BCUT2D eigenvalue weighted by atomic mass is 35.5. The summed E-state index contributed by atoms with van der Waals surface area (Å²) in [6.07, 6.45) is 2.92. The highest BCUT2D eigenvalue weighted by molar-refractivity contribution is 7.18. The molecule has 0 spiro atoms. The van der Waals surface area contributed by atoms with Crippen molar-refractivity contribution in [3.8, 4) is 0 Å². The van der Waals surface area contributed by atoms with Crippen molar-refractivity contribution in [2.75, 3.05) is 5.32 Å². The van der Waals surface area contributed by atoms with Gasteiger partial charge in [-0.15, -0.1) is 11.3 Å². The molecular weight excluding hydrogens is 336 g/mol. The van der Waals surface area contributed by atoms with Crippen LogP contribution in [0, 0.1) is 13.8 Å². The van der Waals surface area contributed by atoms with E-state index in [4.69, 9.17) is 11.6 Å². The van der Waals surface area contributed by atoms with Crippen LogP contribution < -0.4 is 10.9 Å². The number of aryl methyl sites for hydroxylation is 2. The van der Waals surface area contributed by atoms with E-state index in [2.05, 4.69) is 15.3 Å². The molecule has 0 fully saturated rings. The van der Waals surface area contributed by atoms with Gasteiger partial charge >= 0.3 is 0 Å². The van der Waals surface area contributed by atoms with Crippen LogP contribution >= 0.6 is 22.9 Å². The third-order valence-electron chi connectivity index (χ3n) is 3.50. The number of fused-ring (bicyclic) bond motifs is 1. The lowest BCUT2D eigenvalue weighted by atomic mass is 10.2. The van der Waals surface area contributed by atoms with Crippen molar-refractivity contribution in [3.05, 3.63) is 50.6 Å². The van der Waals surface area contributed by atoms with Gasteiger partial charge < -0.3 is 5.32 Å². The van der Waals surface area contributed by atoms with Crippen LogP contribution in [0.5, 0.6) is 0 Å². The molecule has 1 amide bonds. The zero-order chi connectivity index (χ0) is 16.6. The number of hydrogen-bond acceptors (Lipinski definition) is 5. The lowest BCUT2D eigenvalue weighted by molar-refractivity contribution is -0.116. The number of pyridine rings is 1. The van der Waals surface area contributed by atoms with Gasteiger partial charge in [-0.3, -0.25) is 14.2 Å². The summed E-state index contributed by atoms with van der Waals surface area (Å²) >= 11 is 7.37. The summed E-state index contributed by atoms with van der Waals surface area (Å²) in [7, 11) is 0. The van der Waals surface area contributed by atoms with Gasteiger partial charge in [-0.1, -0.05) is 11.6 Å². The third kappa shape index (κ3) is 2.97. The average Bonchev–Trinajstić information content (AvgIpc) is 2.80. The second-order valence-corrected chi connectivity index (χ2v) is 6.59. The fourth-order valence-electron chi connectivity index (χ4n) is 2.21. The van der Waals surface area contributed by atoms with Crippen molar-refractivity contribution in [2.24, 2.45) is 0 Å². The SMILES string of the molecule is Cc1sc2ncn(CC(=O)Nc3cccnc3Cl)c(=O)c2c1C. The first-order valence-corrected chi connectivity index (χ1v) is 8.02. The molecular formula is C15H13ClN4O2S. The number of halogens is 1. The molecule has 3 rings (SSSR count). The minimum absolute atomic E-state index is 0.138. The Hall–Kier alpha value is -2.25. The van der Waals surface area contributed by atoms with Crippen LogP contribution in [-0.4, -0.2) is 20.4 Å². The van der Waals surface area contributed by atoms with Crippen LogP contribution in [0.3, 0.4) is 0 Å². The van der Waals surface area contributed by atoms with E-state index in [-0.39, 0.29) is 23.2 Å². The molecule has 0 aliphatic rings. The molecule has 3 heterocycles. The van der Waals surface area contributed by atoms with E-state index in [9.17, 15) is 9.59 Å². The summed E-state index contributed by atoms with van der Waals surface area (Å²) in [5.41, 5.74) is 1.10. The summed E-state index contributed by atoms with van der Waals surface area (Å²) in [4.78, 5) is 34.5. The minimum Gasteiger partial charge on any atom is -0.322 e. The van der Waals surface area contributed by atoms with Crippen molar-refractivity contribution < 1.29 is 4.79 Å². The quantitative estimate of drug-likeness (QED) is 0.738. The topological polar surface area (TPSA) is 76.9 Å². The van der Waals surface area contributed by atoms with Crippen molar-refractivity contribution in [1.29, 1.82) is 0 Å². The first-order chi connectivity index (χ1) is 11.0. The zero-order valence-corrected chi connectivity index (χ0v) is 14.0. The van der Waals surface area contributed by atoms with Crippen LogP contribution in [-0.2, 0) is 11.3 Å². The van der Waals surface area contributed by atoms with Crippen molar-refractivity contribution in [3.63, 3.8) is 0 Å². The maximum Gasteiger partial charge on any atom is 0.262 e. The Morgan fingerprint density at radius 3 is 2.91 bits per heavy atom. The predicted molar refractivity (Wildman–Crippen MR) is 91.2 cm³/mol. The molecule has 0 radical (unpaired) electrons. The molecule has 3 aromatic rings. The Morgan fingerprint density at radius 1 is 1.39 bits per heavy atom. The Labute approximate surface area is 140 Å². The van der Waals surface area contributed by atoms with E-state index in [1.54, 1.807) is 12.1 Å². The molecule has 0 bridgehead atoms. The molecule has 118 valence electrons. The third-order valence-corrected chi connectivity index (χ3v) is 4.92. The number of hydrogen-bond donors (Lipinski definition) is 1. The van der Waals surface area contributed by atoms with Gasteiger partial charge in [0.05, 0.1) is 17.4 Å². The Kier molecular flexibility index (Phi) is 4.14. The van der Waals surface area contributed by atoms with E-state index < -0.39 is 0 Å². The first kappa shape index (κ1) is 15.6. The maximum atomic E-state index is 12.5. The van der Waals surface area contributed by atoms with Gasteiger partial charge in [-0.2, -0.15) is 0 Å². The zero-order valence-electron chi connectivity index (χ0n) is 12.5. The molecule has 0 aliphatic heterocycles. The summed E-state index contributed by atoms with van der Waals surface area (Å²) in [6, 6.07) is 3.31. The standard InChI is InChI=1S/C15H13ClN4O2S/c1-8-9(2)23-14-12(8)15(22)20(7-18-14)6-11(21)19-10-4-3-5-17-13(10)16/h3-5,7H,6H2,1-2H3,(H,19,21). The second-order valence-electron chi connectivity index (χ2n) is 5.03. The normalized spacial score (nSPS) is 10.9. The fourth-order valence-corrected chi connectivity index (χ4v) is 3.36. The van der Waals surface area contributed by atoms with Gasteiger partial charge in [0.25, 0.3) is 5.56 Å². The molecule has 23 heavy (non-hydrogen) atoms. The molecule has 6 nitrogen and oxygen atoms in total. The van der Waals surface area contributed by atoms with Gasteiger partial charge in [-0.05, 0) is 31.5 Å². The number of carbonyl (C=O) groups excluding carboxylic acids is 1. The van der Waals surface area contributed by atoms with E-state index in [0.29, 0.717) is 15.9 Å². The van der Waals surface area contributed by atoms with Gasteiger partial charge in [0, 0.05) is 11.1 Å². The number of amides is 1. The molecule has 0 aliphatic carbocycles. The lowest BCUT2D eigenvalue weighted by Crippen LogP contribution is -2.28. The molecule has 8 heteroatoms. The summed E-state index contributed by atoms with van der Waals surface area (Å²) in [5.74, 6) is -0.368. The second kappa shape index (κ2) is 6.10. The fraction of sp³-hybridized carbons (Fsp3) is 0.200. The van der Waals surface area contributed by atoms with Crippen LogP contribution in [0.4, 0.5) is 5.69 Å². The molecule has 1 N–H and O–H groups in total. The van der Waals surface area contributed by atoms with Crippen molar-refractivity contribution >= 4 is 44.7 Å². The van der Waals surface area contributed by atoms with Crippen LogP contribution in [0.1, 0.15) is 10.4 Å². The van der Waals surface area contributed by atoms with E-state index in [0.717, 1.165) is 10.4 Å². The molecule has 3 aromatic heterocycles. The summed E-state index contributed by atoms with van der Waals surface area (Å²) in [6.45, 7) is 3.70. The van der Waals surface area contributed by atoms with E-state index in [1.165, 1.54) is 28.4 Å². The van der Waals surface area contributed by atoms with E-state index >= 15 is 0 Å². The van der Waals surface area contributed by atoms with Gasteiger partial charge in [0.15, 0.2) is 5.15 Å². The number of anilines is 1. The smallest absolute Gasteiger partial charge is 0.262 e. The van der Waals surface area contributed by atoms with Crippen LogP contribution in [0.2, 0.25) is 5.15 Å². The Balaban J connectivity index is 1.88. The monoisotopic (exact) mass is 348 g/mol. The molecule has 0 aromatic carbocycles. The largest absolute Gasteiger partial charge is 0.322 e. The molecule has 0 atom stereocenters. The predicted octanol–water partition coefficient (Wildman–Crippen LogP) is 2.76. The molecule has 0 saturated heterocycles. The van der Waals surface area contributed by atoms with Gasteiger partial charge in [0.2, 0.25) is 5.91 Å². The number of thiophene rings is 1. The highest BCUT2D eigenvalue weighted by Crippen LogP contribution is 2.25. The van der Waals surface area contributed by atoms with Crippen molar-refractivity contribution in [2.45, 2.75) is 20.4 Å². The number of carbonyl (C=O) groups is 1. The van der Waals surface area contributed by atoms with Crippen molar-refractivity contribution in [1.82, 2.24) is 14.5 Å². The maximum absolute atomic E-state index is 12.5. The number of nitrogens with zero attached hydrogens (tertiary/aromatic N) is 3. The number of nitrogens with one attached hydrogen (secondary N) is 1. The van der Waals surface area contributed by atoms with Gasteiger partial charge in [0.1, 0.15) is 11.4 Å². The van der Waals surface area contributed by atoms with Gasteiger partial charge in [-0.25, -0.2) is 9.97 Å². The first-order valence-electron chi connectivity index (χ1n) is 6.83. The summed E-state index contributed by atoms with van der Waals surface area (Å²) < 4.78 is 1.29. The molecule has 0 saturated carbocycles.